The van der Waals surface area contributed by atoms with Gasteiger partial charge in [-0.25, -0.2) is 0 Å². The second kappa shape index (κ2) is 4.98. The van der Waals surface area contributed by atoms with Gasteiger partial charge in [-0.3, -0.25) is 0 Å². The van der Waals surface area contributed by atoms with E-state index in [9.17, 15) is 9.13 Å². The van der Waals surface area contributed by atoms with Gasteiger partial charge >= 0.3 is 16.1 Å². The van der Waals surface area contributed by atoms with Gasteiger partial charge in [-0.1, -0.05) is 13.8 Å². The van der Waals surface area contributed by atoms with Crippen LogP contribution in [0.15, 0.2) is 0 Å². The normalized spacial score (nSPS) is 14.3. The molecule has 12 heavy (non-hydrogen) atoms. The van der Waals surface area contributed by atoms with Crippen molar-refractivity contribution in [2.45, 2.75) is 31.8 Å². The third-order valence-corrected chi connectivity index (χ3v) is 4.88. The molecule has 2 unspecified atom stereocenters. The summed E-state index contributed by atoms with van der Waals surface area (Å²) in [6.07, 6.45) is 0.828. The molecule has 0 amide bonds. The Hall–Kier alpha value is 0.120. The van der Waals surface area contributed by atoms with Crippen LogP contribution in [0.1, 0.15) is 26.7 Å². The standard InChI is InChI=1S/C6H12O4P2/c1-3-6(4-2,12(9)10)5-11(7)8/h3-5H2,1-2H3/p+2. The Kier molecular flexibility index (Phi) is 5.03. The van der Waals surface area contributed by atoms with Crippen molar-refractivity contribution in [2.24, 2.45) is 0 Å². The molecule has 0 bridgehead atoms. The Bertz CT molecular complexity index is 188. The molecule has 0 aliphatic carbocycles. The minimum atomic E-state index is -2.37. The summed E-state index contributed by atoms with van der Waals surface area (Å²) < 4.78 is 21.5. The van der Waals surface area contributed by atoms with Gasteiger partial charge in [0.1, 0.15) is 0 Å². The van der Waals surface area contributed by atoms with Crippen LogP contribution in [-0.4, -0.2) is 21.1 Å². The first-order chi connectivity index (χ1) is 5.48. The lowest BCUT2D eigenvalue weighted by atomic mass is 10.1. The highest BCUT2D eigenvalue weighted by Crippen LogP contribution is 2.45. The van der Waals surface area contributed by atoms with Crippen LogP contribution in [0, 0.1) is 0 Å². The summed E-state index contributed by atoms with van der Waals surface area (Å²) in [5.74, 6) is 0. The lowest BCUT2D eigenvalue weighted by Gasteiger charge is -2.10. The molecular weight excluding hydrogens is 198 g/mol. The Morgan fingerprint density at radius 1 is 1.17 bits per heavy atom. The topological polar surface area (TPSA) is 74.6 Å². The maximum atomic E-state index is 10.9. The zero-order valence-corrected chi connectivity index (χ0v) is 9.02. The summed E-state index contributed by atoms with van der Waals surface area (Å²) in [5.41, 5.74) is 0. The van der Waals surface area contributed by atoms with E-state index >= 15 is 0 Å². The van der Waals surface area contributed by atoms with Crippen LogP contribution in [-0.2, 0) is 9.13 Å². The highest BCUT2D eigenvalue weighted by atomic mass is 31.1. The molecule has 6 heteroatoms. The number of rotatable bonds is 5. The largest absolute Gasteiger partial charge is 0.516 e. The molecule has 0 fully saturated rings. The highest BCUT2D eigenvalue weighted by molar-refractivity contribution is 7.44. The Morgan fingerprint density at radius 2 is 1.58 bits per heavy atom. The molecule has 2 N–H and O–H groups in total. The smallest absolute Gasteiger partial charge is 0.161 e. The fourth-order valence-corrected chi connectivity index (χ4v) is 3.40. The van der Waals surface area contributed by atoms with Gasteiger partial charge in [-0.2, -0.15) is 9.79 Å². The van der Waals surface area contributed by atoms with Crippen LogP contribution in [0.3, 0.4) is 0 Å². The van der Waals surface area contributed by atoms with Gasteiger partial charge in [0.05, 0.1) is 0 Å². The van der Waals surface area contributed by atoms with Gasteiger partial charge in [-0.15, -0.1) is 0 Å². The summed E-state index contributed by atoms with van der Waals surface area (Å²) in [5, 5.41) is -0.864. The van der Waals surface area contributed by atoms with Gasteiger partial charge in [0.15, 0.2) is 0 Å². The van der Waals surface area contributed by atoms with Crippen molar-refractivity contribution in [2.75, 3.05) is 6.16 Å². The maximum Gasteiger partial charge on any atom is 0.516 e. The van der Waals surface area contributed by atoms with Gasteiger partial charge < -0.3 is 0 Å². The fraction of sp³-hybridized carbons (Fsp3) is 1.00. The fourth-order valence-electron chi connectivity index (χ4n) is 1.06. The van der Waals surface area contributed by atoms with E-state index in [2.05, 4.69) is 0 Å². The van der Waals surface area contributed by atoms with Gasteiger partial charge in [0.25, 0.3) is 0 Å². The Balaban J connectivity index is 4.58. The van der Waals surface area contributed by atoms with Gasteiger partial charge in [0.2, 0.25) is 11.3 Å². The minimum absolute atomic E-state index is 0.0823. The van der Waals surface area contributed by atoms with Crippen molar-refractivity contribution in [3.05, 3.63) is 0 Å². The molecule has 0 aliphatic heterocycles. The van der Waals surface area contributed by atoms with Crippen molar-refractivity contribution in [3.8, 4) is 0 Å². The van der Waals surface area contributed by atoms with E-state index in [0.29, 0.717) is 12.8 Å². The van der Waals surface area contributed by atoms with Crippen LogP contribution in [0.25, 0.3) is 0 Å². The minimum Gasteiger partial charge on any atom is -0.161 e. The van der Waals surface area contributed by atoms with E-state index in [1.54, 1.807) is 13.8 Å². The molecule has 0 aromatic heterocycles. The molecule has 2 atom stereocenters. The molecular formula is C6H14O4P2+2. The van der Waals surface area contributed by atoms with Crippen LogP contribution in [0.5, 0.6) is 0 Å². The molecule has 0 saturated carbocycles. The van der Waals surface area contributed by atoms with Crippen molar-refractivity contribution >= 4 is 16.1 Å². The van der Waals surface area contributed by atoms with Crippen LogP contribution in [0.2, 0.25) is 0 Å². The summed E-state index contributed by atoms with van der Waals surface area (Å²) >= 11 is 0. The van der Waals surface area contributed by atoms with Crippen LogP contribution in [0.4, 0.5) is 0 Å². The zero-order chi connectivity index (χ0) is 9.78. The van der Waals surface area contributed by atoms with Gasteiger partial charge in [0, 0.05) is 12.8 Å². The van der Waals surface area contributed by atoms with E-state index in [1.165, 1.54) is 0 Å². The van der Waals surface area contributed by atoms with Gasteiger partial charge in [-0.05, 0) is 9.13 Å². The monoisotopic (exact) mass is 212 g/mol. The van der Waals surface area contributed by atoms with Crippen LogP contribution < -0.4 is 0 Å². The molecule has 0 spiro atoms. The third-order valence-electron chi connectivity index (χ3n) is 2.15. The predicted octanol–water partition coefficient (Wildman–Crippen LogP) is 2.01. The molecule has 4 nitrogen and oxygen atoms in total. The van der Waals surface area contributed by atoms with Crippen LogP contribution >= 0.6 is 16.1 Å². The van der Waals surface area contributed by atoms with Crippen molar-refractivity contribution in [1.82, 2.24) is 0 Å². The van der Waals surface area contributed by atoms with Crippen molar-refractivity contribution < 1.29 is 18.9 Å². The molecule has 0 saturated heterocycles. The summed E-state index contributed by atoms with van der Waals surface area (Å²) in [4.78, 5) is 17.6. The SMILES string of the molecule is CCC(CC)(C[P+](=O)O)[P+](=O)O. The Morgan fingerprint density at radius 3 is 1.67 bits per heavy atom. The average molecular weight is 212 g/mol. The first kappa shape index (κ1) is 12.1. The second-order valence-electron chi connectivity index (χ2n) is 2.71. The van der Waals surface area contributed by atoms with E-state index in [1.807, 2.05) is 0 Å². The van der Waals surface area contributed by atoms with Crippen molar-refractivity contribution in [1.29, 1.82) is 0 Å². The lowest BCUT2D eigenvalue weighted by Crippen LogP contribution is -2.25. The van der Waals surface area contributed by atoms with Crippen molar-refractivity contribution in [3.63, 3.8) is 0 Å². The molecule has 0 aromatic rings. The quantitative estimate of drug-likeness (QED) is 0.683. The summed E-state index contributed by atoms with van der Waals surface area (Å²) in [6, 6.07) is 0. The summed E-state index contributed by atoms with van der Waals surface area (Å²) in [6.45, 7) is 3.51. The molecule has 0 aliphatic rings. The third kappa shape index (κ3) is 2.87. The van der Waals surface area contributed by atoms with E-state index < -0.39 is 21.2 Å². The molecule has 0 heterocycles. The first-order valence-electron chi connectivity index (χ1n) is 3.78. The average Bonchev–Trinajstić information content (AvgIpc) is 1.99. The number of hydrogen-bond acceptors (Lipinski definition) is 2. The first-order valence-corrected chi connectivity index (χ1v) is 6.39. The molecule has 0 aromatic carbocycles. The second-order valence-corrected chi connectivity index (χ2v) is 5.23. The highest BCUT2D eigenvalue weighted by Gasteiger charge is 2.52. The Labute approximate surface area is 73.7 Å². The maximum absolute atomic E-state index is 10.9. The lowest BCUT2D eigenvalue weighted by molar-refractivity contribution is 0.430. The molecule has 0 rings (SSSR count). The predicted molar refractivity (Wildman–Crippen MR) is 47.8 cm³/mol. The van der Waals surface area contributed by atoms with E-state index in [-0.39, 0.29) is 6.16 Å². The summed E-state index contributed by atoms with van der Waals surface area (Å²) in [7, 11) is -4.70. The number of hydrogen-bond donors (Lipinski definition) is 2. The van der Waals surface area contributed by atoms with E-state index in [4.69, 9.17) is 9.79 Å². The molecule has 0 radical (unpaired) electrons. The van der Waals surface area contributed by atoms with E-state index in [0.717, 1.165) is 0 Å². The zero-order valence-electron chi connectivity index (χ0n) is 7.23. The molecule has 70 valence electrons.